The topological polar surface area (TPSA) is 36.0 Å². The number of fused-ring (bicyclic) bond motifs is 1. The number of carbonyl (C=O) groups is 1. The third-order valence-corrected chi connectivity index (χ3v) is 6.80. The van der Waals surface area contributed by atoms with Crippen molar-refractivity contribution in [2.75, 3.05) is 50.8 Å². The van der Waals surface area contributed by atoms with Crippen molar-refractivity contribution in [2.24, 2.45) is 5.92 Å². The molecule has 2 aromatic carbocycles. The highest BCUT2D eigenvalue weighted by Gasteiger charge is 2.30. The van der Waals surface area contributed by atoms with Gasteiger partial charge in [-0.25, -0.2) is 4.79 Å². The predicted molar refractivity (Wildman–Crippen MR) is 124 cm³/mol. The lowest BCUT2D eigenvalue weighted by Gasteiger charge is -2.33. The smallest absolute Gasteiger partial charge is 0.324 e. The molecule has 3 heterocycles. The molecule has 0 atom stereocenters. The summed E-state index contributed by atoms with van der Waals surface area (Å²) in [4.78, 5) is 19.3. The van der Waals surface area contributed by atoms with Gasteiger partial charge in [0.2, 0.25) is 0 Å². The third kappa shape index (κ3) is 4.62. The number of likely N-dealkylation sites (tertiary alicyclic amines) is 1. The van der Waals surface area contributed by atoms with Crippen LogP contribution < -0.4 is 9.64 Å². The molecule has 0 radical (unpaired) electrons. The molecule has 3 aliphatic rings. The van der Waals surface area contributed by atoms with E-state index in [0.29, 0.717) is 12.5 Å². The monoisotopic (exact) mass is 417 g/mol. The molecule has 0 unspecified atom stereocenters. The van der Waals surface area contributed by atoms with E-state index in [9.17, 15) is 4.79 Å². The second-order valence-corrected chi connectivity index (χ2v) is 8.89. The van der Waals surface area contributed by atoms with Gasteiger partial charge in [0.05, 0.1) is 0 Å². The van der Waals surface area contributed by atoms with Crippen LogP contribution in [0.4, 0.5) is 10.5 Å². The molecule has 0 saturated carbocycles. The maximum absolute atomic E-state index is 12.8. The molecule has 0 aliphatic carbocycles. The van der Waals surface area contributed by atoms with E-state index in [4.69, 9.17) is 4.74 Å². The first kappa shape index (κ1) is 20.1. The number of para-hydroxylation sites is 2. The molecule has 5 rings (SSSR count). The summed E-state index contributed by atoms with van der Waals surface area (Å²) in [6.45, 7) is 6.47. The summed E-state index contributed by atoms with van der Waals surface area (Å²) in [5.74, 6) is 1.71. The quantitative estimate of drug-likeness (QED) is 0.694. The zero-order chi connectivity index (χ0) is 21.0. The fourth-order valence-corrected chi connectivity index (χ4v) is 4.95. The average Bonchev–Trinajstić information content (AvgIpc) is 3.19. The van der Waals surface area contributed by atoms with Crippen molar-refractivity contribution in [1.82, 2.24) is 9.80 Å². The maximum atomic E-state index is 12.8. The number of nitrogens with zero attached hydrogens (tertiary/aromatic N) is 3. The van der Waals surface area contributed by atoms with Gasteiger partial charge < -0.3 is 9.64 Å². The van der Waals surface area contributed by atoms with Gasteiger partial charge in [0.25, 0.3) is 0 Å². The lowest BCUT2D eigenvalue weighted by atomic mass is 9.93. The summed E-state index contributed by atoms with van der Waals surface area (Å²) in [5, 5.41) is 0. The minimum Gasteiger partial charge on any atom is -0.489 e. The first-order valence-electron chi connectivity index (χ1n) is 11.5. The first-order chi connectivity index (χ1) is 15.3. The van der Waals surface area contributed by atoms with Crippen molar-refractivity contribution >= 4 is 17.8 Å². The molecule has 2 amide bonds. The molecular weight excluding hydrogens is 386 g/mol. The molecule has 0 bridgehead atoms. The summed E-state index contributed by atoms with van der Waals surface area (Å²) in [6, 6.07) is 18.4. The summed E-state index contributed by atoms with van der Waals surface area (Å²) < 4.78 is 5.91. The van der Waals surface area contributed by atoms with E-state index in [1.54, 1.807) is 0 Å². The van der Waals surface area contributed by atoms with Gasteiger partial charge in [-0.1, -0.05) is 36.4 Å². The Kier molecular flexibility index (Phi) is 5.94. The Labute approximate surface area is 184 Å². The number of hydrogen-bond acceptors (Lipinski definition) is 3. The molecule has 31 heavy (non-hydrogen) atoms. The average molecular weight is 418 g/mol. The van der Waals surface area contributed by atoms with Crippen molar-refractivity contribution in [3.8, 4) is 5.75 Å². The molecule has 2 saturated heterocycles. The number of ether oxygens (including phenoxy) is 1. The van der Waals surface area contributed by atoms with Crippen molar-refractivity contribution in [1.29, 1.82) is 0 Å². The van der Waals surface area contributed by atoms with Gasteiger partial charge in [-0.15, -0.1) is 0 Å². The molecule has 0 spiro atoms. The minimum absolute atomic E-state index is 0.160. The van der Waals surface area contributed by atoms with Crippen molar-refractivity contribution in [2.45, 2.75) is 19.3 Å². The summed E-state index contributed by atoms with van der Waals surface area (Å²) in [5.41, 5.74) is 3.56. The lowest BCUT2D eigenvalue weighted by molar-refractivity contribution is 0.174. The Hall–Kier alpha value is -2.79. The highest BCUT2D eigenvalue weighted by atomic mass is 16.5. The molecule has 5 nitrogen and oxygen atoms in total. The second kappa shape index (κ2) is 9.15. The number of benzene rings is 2. The normalized spacial score (nSPS) is 19.9. The molecule has 2 fully saturated rings. The highest BCUT2D eigenvalue weighted by Crippen LogP contribution is 2.28. The standard InChI is InChI=1S/C26H31N3O2/c30-26-28(16-17-29(26)24-7-2-1-3-8-24)15-12-21-10-13-27(14-11-21)19-22-18-23-6-4-5-9-25(23)31-20-22/h1-9,18,21H,10-17,19-20H2. The number of urea groups is 1. The maximum Gasteiger partial charge on any atom is 0.324 e. The van der Waals surface area contributed by atoms with Crippen molar-refractivity contribution in [3.63, 3.8) is 0 Å². The van der Waals surface area contributed by atoms with E-state index in [1.807, 2.05) is 52.3 Å². The van der Waals surface area contributed by atoms with E-state index in [1.165, 1.54) is 24.0 Å². The molecule has 3 aliphatic heterocycles. The van der Waals surface area contributed by atoms with Gasteiger partial charge in [0, 0.05) is 37.4 Å². The number of hydrogen-bond donors (Lipinski definition) is 0. The summed E-state index contributed by atoms with van der Waals surface area (Å²) >= 11 is 0. The van der Waals surface area contributed by atoms with E-state index in [-0.39, 0.29) is 6.03 Å². The molecule has 162 valence electrons. The van der Waals surface area contributed by atoms with Crippen LogP contribution in [0.3, 0.4) is 0 Å². The lowest BCUT2D eigenvalue weighted by Crippen LogP contribution is -2.38. The second-order valence-electron chi connectivity index (χ2n) is 8.89. The van der Waals surface area contributed by atoms with Crippen LogP contribution in [0, 0.1) is 5.92 Å². The van der Waals surface area contributed by atoms with E-state index in [0.717, 1.165) is 57.1 Å². The van der Waals surface area contributed by atoms with Crippen LogP contribution in [0.15, 0.2) is 60.2 Å². The van der Waals surface area contributed by atoms with Crippen LogP contribution in [0.1, 0.15) is 24.8 Å². The van der Waals surface area contributed by atoms with Crippen LogP contribution in [0.25, 0.3) is 6.08 Å². The van der Waals surface area contributed by atoms with Gasteiger partial charge in [-0.2, -0.15) is 0 Å². The van der Waals surface area contributed by atoms with Crippen LogP contribution in [-0.4, -0.2) is 61.7 Å². The third-order valence-electron chi connectivity index (χ3n) is 6.80. The van der Waals surface area contributed by atoms with Gasteiger partial charge in [0.15, 0.2) is 0 Å². The van der Waals surface area contributed by atoms with E-state index < -0.39 is 0 Å². The Morgan fingerprint density at radius 2 is 1.68 bits per heavy atom. The number of amides is 2. The van der Waals surface area contributed by atoms with Gasteiger partial charge in [-0.05, 0) is 68.1 Å². The van der Waals surface area contributed by atoms with Crippen LogP contribution >= 0.6 is 0 Å². The Balaban J connectivity index is 1.07. The molecule has 0 N–H and O–H groups in total. The number of carbonyl (C=O) groups excluding carboxylic acids is 1. The zero-order valence-electron chi connectivity index (χ0n) is 18.1. The largest absolute Gasteiger partial charge is 0.489 e. The molecule has 2 aromatic rings. The van der Waals surface area contributed by atoms with Crippen molar-refractivity contribution in [3.05, 3.63) is 65.7 Å². The van der Waals surface area contributed by atoms with Crippen LogP contribution in [-0.2, 0) is 0 Å². The van der Waals surface area contributed by atoms with Gasteiger partial charge in [0.1, 0.15) is 12.4 Å². The Morgan fingerprint density at radius 1 is 0.903 bits per heavy atom. The minimum atomic E-state index is 0.160. The summed E-state index contributed by atoms with van der Waals surface area (Å²) in [7, 11) is 0. The molecule has 0 aromatic heterocycles. The number of piperidine rings is 1. The van der Waals surface area contributed by atoms with Crippen LogP contribution in [0.2, 0.25) is 0 Å². The van der Waals surface area contributed by atoms with Gasteiger partial charge in [-0.3, -0.25) is 9.80 Å². The SMILES string of the molecule is O=C1N(CCC2CCN(CC3=Cc4ccccc4OC3)CC2)CCN1c1ccccc1. The molecule has 5 heteroatoms. The van der Waals surface area contributed by atoms with Gasteiger partial charge >= 0.3 is 6.03 Å². The van der Waals surface area contributed by atoms with E-state index in [2.05, 4.69) is 23.1 Å². The van der Waals surface area contributed by atoms with Crippen LogP contribution in [0.5, 0.6) is 5.75 Å². The fourth-order valence-electron chi connectivity index (χ4n) is 4.95. The Morgan fingerprint density at radius 3 is 2.52 bits per heavy atom. The predicted octanol–water partition coefficient (Wildman–Crippen LogP) is 4.51. The highest BCUT2D eigenvalue weighted by molar-refractivity contribution is 5.94. The number of rotatable bonds is 6. The van der Waals surface area contributed by atoms with Crippen molar-refractivity contribution < 1.29 is 9.53 Å². The zero-order valence-corrected chi connectivity index (χ0v) is 18.1. The summed E-state index contributed by atoms with van der Waals surface area (Å²) in [6.07, 6.45) is 5.84. The Bertz CT molecular complexity index is 935. The fraction of sp³-hybridized carbons (Fsp3) is 0.423. The molecular formula is C26H31N3O2. The van der Waals surface area contributed by atoms with E-state index >= 15 is 0 Å². The number of anilines is 1. The first-order valence-corrected chi connectivity index (χ1v) is 11.5.